The summed E-state index contributed by atoms with van der Waals surface area (Å²) in [7, 11) is -3.62. The van der Waals surface area contributed by atoms with Crippen LogP contribution in [-0.4, -0.2) is 67.6 Å². The lowest BCUT2D eigenvalue weighted by Crippen LogP contribution is -2.43. The quantitative estimate of drug-likeness (QED) is 0.221. The summed E-state index contributed by atoms with van der Waals surface area (Å²) < 4.78 is 65.8. The number of nitrogens with one attached hydrogen (secondary N) is 1. The van der Waals surface area contributed by atoms with E-state index in [4.69, 9.17) is 4.98 Å². The number of aromatic nitrogens is 1. The van der Waals surface area contributed by atoms with Crippen molar-refractivity contribution in [1.29, 1.82) is 0 Å². The van der Waals surface area contributed by atoms with E-state index in [9.17, 15) is 26.4 Å². The van der Waals surface area contributed by atoms with E-state index in [2.05, 4.69) is 15.1 Å². The molecule has 2 aliphatic heterocycles. The van der Waals surface area contributed by atoms with Crippen LogP contribution in [-0.2, 0) is 22.6 Å². The van der Waals surface area contributed by atoms with Gasteiger partial charge in [0.1, 0.15) is 0 Å². The molecule has 1 atom stereocenters. The standard InChI is InChI=1S/C36H39F3N4O3S/c1-24(25-8-4-3-5-9-25)40-35(44)33-30-22-29(47(2,45)46)14-15-32(30)41-34(26-10-12-27(13-11-26)36(37,38)39)31(33)23-42-20-16-28(17-21-42)43-18-6-7-19-43/h3-5,8-15,22,24,28H,6-7,16-21,23H2,1-2H3,(H,40,44)/t24-/m0/s1. The van der Waals surface area contributed by atoms with Gasteiger partial charge in [-0.25, -0.2) is 13.4 Å². The molecule has 0 aliphatic carbocycles. The van der Waals surface area contributed by atoms with Crippen molar-refractivity contribution in [1.82, 2.24) is 20.1 Å². The van der Waals surface area contributed by atoms with Gasteiger partial charge in [0, 0.05) is 35.4 Å². The van der Waals surface area contributed by atoms with Crippen LogP contribution in [0.3, 0.4) is 0 Å². The number of rotatable bonds is 8. The lowest BCUT2D eigenvalue weighted by Gasteiger charge is -2.37. The number of alkyl halides is 3. The highest BCUT2D eigenvalue weighted by Crippen LogP contribution is 2.36. The Morgan fingerprint density at radius 1 is 0.957 bits per heavy atom. The normalized spacial score (nSPS) is 17.6. The molecule has 3 heterocycles. The van der Waals surface area contributed by atoms with Crippen LogP contribution in [0.4, 0.5) is 13.2 Å². The minimum Gasteiger partial charge on any atom is -0.345 e. The molecule has 47 heavy (non-hydrogen) atoms. The highest BCUT2D eigenvalue weighted by molar-refractivity contribution is 7.90. The predicted molar refractivity (Wildman–Crippen MR) is 177 cm³/mol. The third-order valence-corrected chi connectivity index (χ3v) is 10.6. The minimum atomic E-state index is -4.50. The Bertz CT molecular complexity index is 1850. The summed E-state index contributed by atoms with van der Waals surface area (Å²) in [6, 6.07) is 18.9. The maximum atomic E-state index is 14.4. The molecule has 0 spiro atoms. The Labute approximate surface area is 273 Å². The van der Waals surface area contributed by atoms with Gasteiger partial charge in [0.2, 0.25) is 0 Å². The van der Waals surface area contributed by atoms with Crippen LogP contribution in [0.1, 0.15) is 65.7 Å². The molecule has 1 amide bonds. The molecule has 0 radical (unpaired) electrons. The molecule has 2 fully saturated rings. The number of piperidine rings is 1. The predicted octanol–water partition coefficient (Wildman–Crippen LogP) is 6.88. The van der Waals surface area contributed by atoms with E-state index in [1.54, 1.807) is 6.07 Å². The van der Waals surface area contributed by atoms with Gasteiger partial charge >= 0.3 is 6.18 Å². The summed E-state index contributed by atoms with van der Waals surface area (Å²) in [4.78, 5) is 24.2. The van der Waals surface area contributed by atoms with Gasteiger partial charge in [-0.2, -0.15) is 13.2 Å². The Balaban J connectivity index is 1.48. The van der Waals surface area contributed by atoms with Gasteiger partial charge in [-0.1, -0.05) is 42.5 Å². The summed E-state index contributed by atoms with van der Waals surface area (Å²) in [5.41, 5.74) is 2.17. The number of hydrogen-bond acceptors (Lipinski definition) is 6. The number of hydrogen-bond donors (Lipinski definition) is 1. The van der Waals surface area contributed by atoms with Crippen LogP contribution in [0.5, 0.6) is 0 Å². The van der Waals surface area contributed by atoms with Gasteiger partial charge in [-0.3, -0.25) is 9.69 Å². The lowest BCUT2D eigenvalue weighted by molar-refractivity contribution is -0.137. The van der Waals surface area contributed by atoms with Crippen LogP contribution < -0.4 is 5.32 Å². The third-order valence-electron chi connectivity index (χ3n) is 9.44. The molecule has 1 aromatic heterocycles. The van der Waals surface area contributed by atoms with Crippen molar-refractivity contribution in [3.8, 4) is 11.3 Å². The van der Waals surface area contributed by atoms with E-state index < -0.39 is 27.5 Å². The maximum Gasteiger partial charge on any atom is 0.416 e. The fourth-order valence-corrected chi connectivity index (χ4v) is 7.50. The van der Waals surface area contributed by atoms with E-state index in [0.717, 1.165) is 63.0 Å². The van der Waals surface area contributed by atoms with Crippen LogP contribution in [0.25, 0.3) is 22.2 Å². The van der Waals surface area contributed by atoms with Crippen LogP contribution in [0, 0.1) is 0 Å². The number of fused-ring (bicyclic) bond motifs is 1. The Hall–Kier alpha value is -3.80. The molecule has 0 bridgehead atoms. The fourth-order valence-electron chi connectivity index (χ4n) is 6.85. The van der Waals surface area contributed by atoms with E-state index in [1.807, 2.05) is 37.3 Å². The van der Waals surface area contributed by atoms with E-state index in [-0.39, 0.29) is 16.5 Å². The molecule has 4 aromatic rings. The Morgan fingerprint density at radius 3 is 2.23 bits per heavy atom. The number of sulfone groups is 1. The molecule has 0 unspecified atom stereocenters. The zero-order valence-corrected chi connectivity index (χ0v) is 27.4. The van der Waals surface area contributed by atoms with Crippen molar-refractivity contribution in [2.45, 2.75) is 62.3 Å². The van der Waals surface area contributed by atoms with Gasteiger partial charge in [0.15, 0.2) is 9.84 Å². The van der Waals surface area contributed by atoms with Gasteiger partial charge in [0.25, 0.3) is 5.91 Å². The van der Waals surface area contributed by atoms with Crippen molar-refractivity contribution in [3.63, 3.8) is 0 Å². The Morgan fingerprint density at radius 2 is 1.62 bits per heavy atom. The number of pyridine rings is 1. The van der Waals surface area contributed by atoms with E-state index in [0.29, 0.717) is 40.3 Å². The number of carbonyl (C=O) groups is 1. The molecule has 7 nitrogen and oxygen atoms in total. The molecule has 1 N–H and O–H groups in total. The van der Waals surface area contributed by atoms with Crippen molar-refractivity contribution in [3.05, 3.63) is 95.1 Å². The molecule has 2 aliphatic rings. The van der Waals surface area contributed by atoms with Crippen LogP contribution in [0.15, 0.2) is 77.7 Å². The minimum absolute atomic E-state index is 0.0524. The summed E-state index contributed by atoms with van der Waals surface area (Å²) >= 11 is 0. The zero-order chi connectivity index (χ0) is 33.3. The number of nitrogens with zero attached hydrogens (tertiary/aromatic N) is 3. The monoisotopic (exact) mass is 664 g/mol. The van der Waals surface area contributed by atoms with Gasteiger partial charge < -0.3 is 10.2 Å². The number of carbonyl (C=O) groups excluding carboxylic acids is 1. The highest BCUT2D eigenvalue weighted by atomic mass is 32.2. The molecular weight excluding hydrogens is 625 g/mol. The van der Waals surface area contributed by atoms with Crippen LogP contribution in [0.2, 0.25) is 0 Å². The first-order valence-corrected chi connectivity index (χ1v) is 17.9. The topological polar surface area (TPSA) is 82.6 Å². The average molecular weight is 665 g/mol. The lowest BCUT2D eigenvalue weighted by atomic mass is 9.93. The van der Waals surface area contributed by atoms with Crippen molar-refractivity contribution >= 4 is 26.6 Å². The highest BCUT2D eigenvalue weighted by Gasteiger charge is 2.32. The van der Waals surface area contributed by atoms with Crippen molar-refractivity contribution in [2.75, 3.05) is 32.4 Å². The first-order chi connectivity index (χ1) is 22.4. The average Bonchev–Trinajstić information content (AvgIpc) is 3.59. The summed E-state index contributed by atoms with van der Waals surface area (Å²) in [6.07, 6.45) is 0.992. The largest absolute Gasteiger partial charge is 0.416 e. The molecule has 2 saturated heterocycles. The molecule has 11 heteroatoms. The number of halogens is 3. The van der Waals surface area contributed by atoms with E-state index >= 15 is 0 Å². The number of amides is 1. The van der Waals surface area contributed by atoms with Crippen molar-refractivity contribution in [2.24, 2.45) is 0 Å². The summed E-state index contributed by atoms with van der Waals surface area (Å²) in [6.45, 7) is 6.01. The Kier molecular flexibility index (Phi) is 9.42. The number of likely N-dealkylation sites (tertiary alicyclic amines) is 2. The van der Waals surface area contributed by atoms with Gasteiger partial charge in [-0.15, -0.1) is 0 Å². The second kappa shape index (κ2) is 13.4. The van der Waals surface area contributed by atoms with Gasteiger partial charge in [-0.05, 0) is 94.7 Å². The molecule has 248 valence electrons. The molecule has 6 rings (SSSR count). The summed E-state index contributed by atoms with van der Waals surface area (Å²) in [5, 5.41) is 3.48. The molecule has 0 saturated carbocycles. The third kappa shape index (κ3) is 7.37. The SMILES string of the molecule is C[C@H](NC(=O)c1c(CN2CCC(N3CCCC3)CC2)c(-c2ccc(C(F)(F)F)cc2)nc2ccc(S(C)(=O)=O)cc12)c1ccccc1. The number of benzene rings is 3. The molecule has 3 aromatic carbocycles. The fraction of sp³-hybridized carbons (Fsp3) is 0.389. The van der Waals surface area contributed by atoms with Crippen molar-refractivity contribution < 1.29 is 26.4 Å². The first-order valence-electron chi connectivity index (χ1n) is 16.0. The molecular formula is C36H39F3N4O3S. The zero-order valence-electron chi connectivity index (χ0n) is 26.6. The smallest absolute Gasteiger partial charge is 0.345 e. The second-order valence-corrected chi connectivity index (χ2v) is 14.7. The summed E-state index contributed by atoms with van der Waals surface area (Å²) in [5.74, 6) is -0.408. The van der Waals surface area contributed by atoms with Gasteiger partial charge in [0.05, 0.1) is 33.3 Å². The maximum absolute atomic E-state index is 14.4. The van der Waals surface area contributed by atoms with Crippen LogP contribution >= 0.6 is 0 Å². The second-order valence-electron chi connectivity index (χ2n) is 12.7. The van der Waals surface area contributed by atoms with E-state index in [1.165, 1.54) is 37.1 Å². The first kappa shape index (κ1) is 33.1.